The Morgan fingerprint density at radius 2 is 1.89 bits per heavy atom. The van der Waals surface area contributed by atoms with Crippen LogP contribution in [0.15, 0.2) is 51.4 Å². The SMILES string of the molecule is Cc1nc(CN(C)C(=O)c2oc3ccc(Br)cc3c2C)nc2ccccc12. The van der Waals surface area contributed by atoms with Gasteiger partial charge < -0.3 is 9.32 Å². The molecule has 0 bridgehead atoms. The lowest BCUT2D eigenvalue weighted by molar-refractivity contribution is 0.0751. The Kier molecular flexibility index (Phi) is 4.44. The molecule has 0 atom stereocenters. The lowest BCUT2D eigenvalue weighted by Gasteiger charge is -2.16. The van der Waals surface area contributed by atoms with Crippen LogP contribution in [0.4, 0.5) is 0 Å². The van der Waals surface area contributed by atoms with E-state index in [2.05, 4.69) is 25.9 Å². The minimum Gasteiger partial charge on any atom is -0.451 e. The van der Waals surface area contributed by atoms with E-state index in [1.165, 1.54) is 0 Å². The van der Waals surface area contributed by atoms with Gasteiger partial charge in [0.2, 0.25) is 0 Å². The number of rotatable bonds is 3. The van der Waals surface area contributed by atoms with Crippen molar-refractivity contribution in [2.24, 2.45) is 0 Å². The molecule has 0 spiro atoms. The first-order chi connectivity index (χ1) is 12.9. The summed E-state index contributed by atoms with van der Waals surface area (Å²) in [5.74, 6) is 0.774. The maximum absolute atomic E-state index is 12.9. The summed E-state index contributed by atoms with van der Waals surface area (Å²) in [6.07, 6.45) is 0. The molecule has 0 radical (unpaired) electrons. The predicted molar refractivity (Wildman–Crippen MR) is 109 cm³/mol. The summed E-state index contributed by atoms with van der Waals surface area (Å²) in [6.45, 7) is 4.16. The summed E-state index contributed by atoms with van der Waals surface area (Å²) in [4.78, 5) is 23.7. The Morgan fingerprint density at radius 3 is 2.70 bits per heavy atom. The Morgan fingerprint density at radius 1 is 1.11 bits per heavy atom. The van der Waals surface area contributed by atoms with Crippen LogP contribution in [0.3, 0.4) is 0 Å². The third-order valence-electron chi connectivity index (χ3n) is 4.66. The van der Waals surface area contributed by atoms with Crippen molar-refractivity contribution >= 4 is 43.7 Å². The number of fused-ring (bicyclic) bond motifs is 2. The third kappa shape index (κ3) is 3.21. The van der Waals surface area contributed by atoms with Crippen LogP contribution in [-0.2, 0) is 6.54 Å². The van der Waals surface area contributed by atoms with E-state index in [0.29, 0.717) is 23.7 Å². The summed E-state index contributed by atoms with van der Waals surface area (Å²) in [5.41, 5.74) is 3.32. The van der Waals surface area contributed by atoms with E-state index in [4.69, 9.17) is 4.42 Å². The summed E-state index contributed by atoms with van der Waals surface area (Å²) in [6, 6.07) is 13.6. The minimum absolute atomic E-state index is 0.186. The number of carbonyl (C=O) groups is 1. The highest BCUT2D eigenvalue weighted by Crippen LogP contribution is 2.29. The van der Waals surface area contributed by atoms with E-state index in [-0.39, 0.29) is 5.91 Å². The van der Waals surface area contributed by atoms with Gasteiger partial charge in [-0.05, 0) is 38.1 Å². The van der Waals surface area contributed by atoms with Gasteiger partial charge in [0, 0.05) is 33.6 Å². The van der Waals surface area contributed by atoms with Gasteiger partial charge in [-0.3, -0.25) is 4.79 Å². The Hall–Kier alpha value is -2.73. The number of para-hydroxylation sites is 1. The van der Waals surface area contributed by atoms with Gasteiger partial charge in [0.1, 0.15) is 11.4 Å². The topological polar surface area (TPSA) is 59.2 Å². The maximum atomic E-state index is 12.9. The van der Waals surface area contributed by atoms with Crippen molar-refractivity contribution in [3.8, 4) is 0 Å². The summed E-state index contributed by atoms with van der Waals surface area (Å²) in [5, 5.41) is 1.95. The first-order valence-electron chi connectivity index (χ1n) is 8.60. The number of carbonyl (C=O) groups excluding carboxylic acids is 1. The number of hydrogen-bond acceptors (Lipinski definition) is 4. The molecule has 0 aliphatic carbocycles. The van der Waals surface area contributed by atoms with E-state index < -0.39 is 0 Å². The van der Waals surface area contributed by atoms with Crippen LogP contribution in [0.5, 0.6) is 0 Å². The second-order valence-electron chi connectivity index (χ2n) is 6.60. The van der Waals surface area contributed by atoms with Crippen LogP contribution in [0.2, 0.25) is 0 Å². The molecule has 4 aromatic rings. The molecular weight excluding hydrogens is 406 g/mol. The molecule has 136 valence electrons. The first-order valence-corrected chi connectivity index (χ1v) is 9.39. The zero-order chi connectivity index (χ0) is 19.1. The van der Waals surface area contributed by atoms with E-state index in [1.807, 2.05) is 56.3 Å². The number of nitrogens with zero attached hydrogens (tertiary/aromatic N) is 3. The summed E-state index contributed by atoms with van der Waals surface area (Å²) >= 11 is 3.46. The predicted octanol–water partition coefficient (Wildman–Crippen LogP) is 5.03. The van der Waals surface area contributed by atoms with Gasteiger partial charge in [-0.1, -0.05) is 34.1 Å². The molecule has 0 N–H and O–H groups in total. The summed E-state index contributed by atoms with van der Waals surface area (Å²) < 4.78 is 6.77. The van der Waals surface area contributed by atoms with Gasteiger partial charge in [-0.25, -0.2) is 9.97 Å². The number of halogens is 1. The highest BCUT2D eigenvalue weighted by molar-refractivity contribution is 9.10. The molecule has 27 heavy (non-hydrogen) atoms. The molecule has 4 rings (SSSR count). The van der Waals surface area contributed by atoms with Crippen LogP contribution >= 0.6 is 15.9 Å². The molecule has 2 aromatic heterocycles. The zero-order valence-electron chi connectivity index (χ0n) is 15.3. The van der Waals surface area contributed by atoms with Crippen molar-refractivity contribution in [2.45, 2.75) is 20.4 Å². The Labute approximate surface area is 165 Å². The van der Waals surface area contributed by atoms with Gasteiger partial charge in [0.15, 0.2) is 5.76 Å². The molecule has 5 nitrogen and oxygen atoms in total. The molecule has 0 saturated carbocycles. The standard InChI is InChI=1S/C21H18BrN3O2/c1-12-16-10-14(22)8-9-18(16)27-20(12)21(26)25(3)11-19-23-13(2)15-6-4-5-7-17(15)24-19/h4-10H,11H2,1-3H3. The van der Waals surface area contributed by atoms with Crippen LogP contribution in [0.25, 0.3) is 21.9 Å². The molecular formula is C21H18BrN3O2. The van der Waals surface area contributed by atoms with Crippen molar-refractivity contribution in [3.63, 3.8) is 0 Å². The number of aryl methyl sites for hydroxylation is 2. The fourth-order valence-corrected chi connectivity index (χ4v) is 3.58. The minimum atomic E-state index is -0.186. The largest absolute Gasteiger partial charge is 0.451 e. The number of benzene rings is 2. The second kappa shape index (κ2) is 6.78. The molecule has 0 aliphatic heterocycles. The zero-order valence-corrected chi connectivity index (χ0v) is 16.9. The fraction of sp³-hybridized carbons (Fsp3) is 0.190. The number of aromatic nitrogens is 2. The van der Waals surface area contributed by atoms with Crippen LogP contribution in [0.1, 0.15) is 27.6 Å². The molecule has 0 aliphatic rings. The van der Waals surface area contributed by atoms with E-state index in [9.17, 15) is 4.79 Å². The highest BCUT2D eigenvalue weighted by Gasteiger charge is 2.22. The summed E-state index contributed by atoms with van der Waals surface area (Å²) in [7, 11) is 1.73. The highest BCUT2D eigenvalue weighted by atomic mass is 79.9. The van der Waals surface area contributed by atoms with E-state index in [0.717, 1.165) is 32.0 Å². The number of amides is 1. The first kappa shape index (κ1) is 17.7. The van der Waals surface area contributed by atoms with E-state index >= 15 is 0 Å². The van der Waals surface area contributed by atoms with Crippen molar-refractivity contribution in [2.75, 3.05) is 7.05 Å². The smallest absolute Gasteiger partial charge is 0.290 e. The third-order valence-corrected chi connectivity index (χ3v) is 5.15. The lowest BCUT2D eigenvalue weighted by Crippen LogP contribution is -2.27. The second-order valence-corrected chi connectivity index (χ2v) is 7.52. The van der Waals surface area contributed by atoms with Gasteiger partial charge in [0.25, 0.3) is 5.91 Å². The molecule has 0 saturated heterocycles. The average molecular weight is 424 g/mol. The van der Waals surface area contributed by atoms with Crippen molar-refractivity contribution in [1.29, 1.82) is 0 Å². The van der Waals surface area contributed by atoms with Crippen LogP contribution in [0, 0.1) is 13.8 Å². The molecule has 6 heteroatoms. The van der Waals surface area contributed by atoms with Crippen molar-refractivity contribution in [1.82, 2.24) is 14.9 Å². The number of hydrogen-bond donors (Lipinski definition) is 0. The van der Waals surface area contributed by atoms with Crippen molar-refractivity contribution in [3.05, 3.63) is 69.8 Å². The molecule has 1 amide bonds. The molecule has 2 aromatic carbocycles. The van der Waals surface area contributed by atoms with Crippen molar-refractivity contribution < 1.29 is 9.21 Å². The average Bonchev–Trinajstić information content (AvgIpc) is 2.97. The van der Waals surface area contributed by atoms with Crippen LogP contribution < -0.4 is 0 Å². The van der Waals surface area contributed by atoms with Gasteiger partial charge in [-0.15, -0.1) is 0 Å². The van der Waals surface area contributed by atoms with Gasteiger partial charge in [-0.2, -0.15) is 0 Å². The monoisotopic (exact) mass is 423 g/mol. The normalized spacial score (nSPS) is 11.3. The Balaban J connectivity index is 1.64. The van der Waals surface area contributed by atoms with Gasteiger partial charge >= 0.3 is 0 Å². The lowest BCUT2D eigenvalue weighted by atomic mass is 10.1. The maximum Gasteiger partial charge on any atom is 0.290 e. The van der Waals surface area contributed by atoms with Crippen LogP contribution in [-0.4, -0.2) is 27.8 Å². The Bertz CT molecular complexity index is 1180. The quantitative estimate of drug-likeness (QED) is 0.463. The fourth-order valence-electron chi connectivity index (χ4n) is 3.22. The molecule has 0 fully saturated rings. The van der Waals surface area contributed by atoms with E-state index in [1.54, 1.807) is 11.9 Å². The van der Waals surface area contributed by atoms with Gasteiger partial charge in [0.05, 0.1) is 12.1 Å². The molecule has 2 heterocycles. The molecule has 0 unspecified atom stereocenters. The number of furan rings is 1.